The first-order valence-electron chi connectivity index (χ1n) is 6.90. The second kappa shape index (κ2) is 7.39. The van der Waals surface area contributed by atoms with E-state index in [1.807, 2.05) is 0 Å². The number of carboxylic acid groups (broad SMARTS) is 1. The fourth-order valence-corrected chi connectivity index (χ4v) is 4.50. The molecule has 2 N–H and O–H groups in total. The van der Waals surface area contributed by atoms with Gasteiger partial charge in [-0.2, -0.15) is 0 Å². The number of hydrogen-bond donors (Lipinski definition) is 2. The number of nitrogens with zero attached hydrogens (tertiary/aromatic N) is 1. The van der Waals surface area contributed by atoms with Crippen molar-refractivity contribution >= 4 is 33.2 Å². The number of sulfonamides is 1. The lowest BCUT2D eigenvalue weighted by atomic mass is 10.1. The van der Waals surface area contributed by atoms with Crippen LogP contribution in [0, 0.1) is 0 Å². The predicted molar refractivity (Wildman–Crippen MR) is 82.7 cm³/mol. The summed E-state index contributed by atoms with van der Waals surface area (Å²) in [5.74, 6) is -1.47. The van der Waals surface area contributed by atoms with E-state index in [1.54, 1.807) is 11.4 Å². The molecule has 1 amide bonds. The summed E-state index contributed by atoms with van der Waals surface area (Å²) in [5.41, 5.74) is 0. The normalized spacial score (nSPS) is 21.5. The first kappa shape index (κ1) is 17.9. The minimum atomic E-state index is -3.73. The molecular formula is C13H18N2O6S2. The van der Waals surface area contributed by atoms with Gasteiger partial charge >= 0.3 is 5.97 Å². The summed E-state index contributed by atoms with van der Waals surface area (Å²) in [6, 6.07) is 2.56. The van der Waals surface area contributed by atoms with E-state index >= 15 is 0 Å². The molecule has 1 aromatic heterocycles. The van der Waals surface area contributed by atoms with Crippen LogP contribution in [-0.2, 0) is 24.3 Å². The van der Waals surface area contributed by atoms with Crippen molar-refractivity contribution in [2.75, 3.05) is 20.2 Å². The van der Waals surface area contributed by atoms with Crippen molar-refractivity contribution in [1.29, 1.82) is 0 Å². The quantitative estimate of drug-likeness (QED) is 0.712. The molecule has 128 valence electrons. The number of likely N-dealkylation sites (tertiary alicyclic amines) is 1. The smallest absolute Gasteiger partial charge is 0.305 e. The molecule has 0 radical (unpaired) electrons. The molecule has 1 saturated heterocycles. The fourth-order valence-electron chi connectivity index (χ4n) is 2.49. The molecule has 2 rings (SSSR count). The van der Waals surface area contributed by atoms with Crippen molar-refractivity contribution in [3.8, 4) is 0 Å². The van der Waals surface area contributed by atoms with Gasteiger partial charge in [-0.25, -0.2) is 13.1 Å². The van der Waals surface area contributed by atoms with Crippen LogP contribution in [0.15, 0.2) is 21.7 Å². The maximum absolute atomic E-state index is 12.3. The third-order valence-electron chi connectivity index (χ3n) is 3.61. The Bertz CT molecular complexity index is 658. The van der Waals surface area contributed by atoms with E-state index in [9.17, 15) is 18.0 Å². The first-order valence-corrected chi connectivity index (χ1v) is 9.27. The lowest BCUT2D eigenvalue weighted by molar-refractivity contribution is -0.139. The van der Waals surface area contributed by atoms with Crippen LogP contribution in [0.1, 0.15) is 12.8 Å². The van der Waals surface area contributed by atoms with Crippen LogP contribution in [0.2, 0.25) is 0 Å². The SMILES string of the molecule is COC1CC(CC(=O)O)N(C(=O)CNS(=O)(=O)c2cccs2)C1. The monoisotopic (exact) mass is 362 g/mol. The number of nitrogens with one attached hydrogen (secondary N) is 1. The van der Waals surface area contributed by atoms with Gasteiger partial charge in [-0.15, -0.1) is 11.3 Å². The molecule has 1 aliphatic rings. The van der Waals surface area contributed by atoms with Gasteiger partial charge in [0.1, 0.15) is 4.21 Å². The Balaban J connectivity index is 1.99. The number of amides is 1. The standard InChI is InChI=1S/C13H18N2O6S2/c1-21-10-5-9(6-12(17)18)15(8-10)11(16)7-14-23(19,20)13-3-2-4-22-13/h2-4,9-10,14H,5-8H2,1H3,(H,17,18). The van der Waals surface area contributed by atoms with Gasteiger partial charge in [0.15, 0.2) is 0 Å². The molecule has 2 unspecified atom stereocenters. The Labute approximate surface area is 138 Å². The Morgan fingerprint density at radius 3 is 2.83 bits per heavy atom. The lowest BCUT2D eigenvalue weighted by Crippen LogP contribution is -2.43. The zero-order chi connectivity index (χ0) is 17.0. The van der Waals surface area contributed by atoms with E-state index in [-0.39, 0.29) is 23.3 Å². The predicted octanol–water partition coefficient (Wildman–Crippen LogP) is 0.117. The van der Waals surface area contributed by atoms with Gasteiger partial charge in [-0.1, -0.05) is 6.07 Å². The van der Waals surface area contributed by atoms with Crippen molar-refractivity contribution in [2.24, 2.45) is 0 Å². The van der Waals surface area contributed by atoms with E-state index in [2.05, 4.69) is 4.72 Å². The third-order valence-corrected chi connectivity index (χ3v) is 6.41. The lowest BCUT2D eigenvalue weighted by Gasteiger charge is -2.23. The largest absolute Gasteiger partial charge is 0.481 e. The molecule has 1 fully saturated rings. The van der Waals surface area contributed by atoms with E-state index in [0.29, 0.717) is 6.42 Å². The van der Waals surface area contributed by atoms with Gasteiger partial charge in [-0.05, 0) is 17.9 Å². The minimum absolute atomic E-state index is 0.128. The number of methoxy groups -OCH3 is 1. The zero-order valence-electron chi connectivity index (χ0n) is 12.5. The van der Waals surface area contributed by atoms with Crippen molar-refractivity contribution in [2.45, 2.75) is 29.2 Å². The number of carbonyl (C=O) groups excluding carboxylic acids is 1. The number of aliphatic carboxylic acids is 1. The third kappa shape index (κ3) is 4.50. The summed E-state index contributed by atoms with van der Waals surface area (Å²) in [5, 5.41) is 10.6. The Kier molecular flexibility index (Phi) is 5.74. The maximum Gasteiger partial charge on any atom is 0.305 e. The fraction of sp³-hybridized carbons (Fsp3) is 0.538. The van der Waals surface area contributed by atoms with Crippen molar-refractivity contribution in [1.82, 2.24) is 9.62 Å². The Hall–Kier alpha value is -1.49. The number of carboxylic acids is 1. The molecule has 23 heavy (non-hydrogen) atoms. The highest BCUT2D eigenvalue weighted by Crippen LogP contribution is 2.23. The number of carbonyl (C=O) groups is 2. The number of rotatable bonds is 7. The minimum Gasteiger partial charge on any atom is -0.481 e. The topological polar surface area (TPSA) is 113 Å². The average molecular weight is 362 g/mol. The number of thiophene rings is 1. The van der Waals surface area contributed by atoms with Crippen molar-refractivity contribution < 1.29 is 27.9 Å². The van der Waals surface area contributed by atoms with Gasteiger partial charge in [0, 0.05) is 19.7 Å². The Morgan fingerprint density at radius 2 is 2.26 bits per heavy atom. The zero-order valence-corrected chi connectivity index (χ0v) is 14.1. The van der Waals surface area contributed by atoms with Crippen LogP contribution >= 0.6 is 11.3 Å². The van der Waals surface area contributed by atoms with Crippen LogP contribution in [0.3, 0.4) is 0 Å². The number of ether oxygens (including phenoxy) is 1. The van der Waals surface area contributed by atoms with Crippen molar-refractivity contribution in [3.05, 3.63) is 17.5 Å². The molecule has 0 spiro atoms. The summed E-state index contributed by atoms with van der Waals surface area (Å²) in [4.78, 5) is 24.5. The molecule has 10 heteroatoms. The van der Waals surface area contributed by atoms with E-state index in [4.69, 9.17) is 9.84 Å². The van der Waals surface area contributed by atoms with Gasteiger partial charge < -0.3 is 14.7 Å². The molecule has 0 aliphatic carbocycles. The van der Waals surface area contributed by atoms with Gasteiger partial charge in [0.2, 0.25) is 5.91 Å². The van der Waals surface area contributed by atoms with Gasteiger partial charge in [-0.3, -0.25) is 9.59 Å². The average Bonchev–Trinajstić information content (AvgIpc) is 3.13. The molecule has 0 bridgehead atoms. The maximum atomic E-state index is 12.3. The van der Waals surface area contributed by atoms with Crippen LogP contribution in [0.5, 0.6) is 0 Å². The highest BCUT2D eigenvalue weighted by Gasteiger charge is 2.36. The summed E-state index contributed by atoms with van der Waals surface area (Å²) in [6.07, 6.45) is -0.00706. The van der Waals surface area contributed by atoms with Crippen LogP contribution in [0.4, 0.5) is 0 Å². The molecule has 8 nitrogen and oxygen atoms in total. The van der Waals surface area contributed by atoms with E-state index in [1.165, 1.54) is 18.1 Å². The second-order valence-corrected chi connectivity index (χ2v) is 8.09. The molecule has 1 aliphatic heterocycles. The molecule has 0 saturated carbocycles. The highest BCUT2D eigenvalue weighted by atomic mass is 32.2. The Morgan fingerprint density at radius 1 is 1.52 bits per heavy atom. The summed E-state index contributed by atoms with van der Waals surface area (Å²) < 4.78 is 31.6. The van der Waals surface area contributed by atoms with E-state index in [0.717, 1.165) is 11.3 Å². The second-order valence-electron chi connectivity index (χ2n) is 5.15. The highest BCUT2D eigenvalue weighted by molar-refractivity contribution is 7.91. The number of hydrogen-bond acceptors (Lipinski definition) is 6. The molecule has 2 heterocycles. The molecular weight excluding hydrogens is 344 g/mol. The molecule has 1 aromatic rings. The van der Waals surface area contributed by atoms with Gasteiger partial charge in [0.25, 0.3) is 10.0 Å². The first-order chi connectivity index (χ1) is 10.8. The molecule has 0 aromatic carbocycles. The van der Waals surface area contributed by atoms with Crippen LogP contribution < -0.4 is 4.72 Å². The van der Waals surface area contributed by atoms with Crippen LogP contribution in [0.25, 0.3) is 0 Å². The van der Waals surface area contributed by atoms with Crippen LogP contribution in [-0.4, -0.2) is 62.6 Å². The van der Waals surface area contributed by atoms with E-state index < -0.39 is 34.5 Å². The summed E-state index contributed by atoms with van der Waals surface area (Å²) in [7, 11) is -2.23. The summed E-state index contributed by atoms with van der Waals surface area (Å²) in [6.45, 7) is -0.152. The van der Waals surface area contributed by atoms with Crippen molar-refractivity contribution in [3.63, 3.8) is 0 Å². The van der Waals surface area contributed by atoms with Gasteiger partial charge in [0.05, 0.1) is 19.1 Å². The summed E-state index contributed by atoms with van der Waals surface area (Å²) >= 11 is 1.05. The molecule has 2 atom stereocenters.